The minimum Gasteiger partial charge on any atom is -0.465 e. The van der Waals surface area contributed by atoms with Crippen LogP contribution in [0.4, 0.5) is 5.69 Å². The molecule has 3 heterocycles. The van der Waals surface area contributed by atoms with Crippen LogP contribution >= 0.6 is 11.3 Å². The van der Waals surface area contributed by atoms with Gasteiger partial charge in [0.2, 0.25) is 0 Å². The molecule has 0 bridgehead atoms. The number of para-hydroxylation sites is 1. The van der Waals surface area contributed by atoms with Crippen LogP contribution in [0.2, 0.25) is 0 Å². The summed E-state index contributed by atoms with van der Waals surface area (Å²) < 4.78 is 9.19. The fraction of sp³-hybridized carbons (Fsp3) is 0.167. The van der Waals surface area contributed by atoms with E-state index in [1.165, 1.54) is 18.4 Å². The maximum absolute atomic E-state index is 14.2. The number of nitrogens with zero attached hydrogens (tertiary/aromatic N) is 3. The fourth-order valence-corrected chi connectivity index (χ4v) is 6.96. The monoisotopic (exact) mass is 616 g/mol. The molecule has 1 atom stereocenters. The molecular weight excluding hydrogens is 584 g/mol. The SMILES string of the molecule is COC(=O)c1cccc(-n2c(C)cc(/C=c3/sc4n(c3=O)[C@H](c3ccccc3)C(C(=O)Nc3ccccc3)=C(C)N=4)c2C)c1C. The molecule has 8 nitrogen and oxygen atoms in total. The number of hydrogen-bond acceptors (Lipinski definition) is 6. The molecular formula is C36H32N4O4S. The maximum Gasteiger partial charge on any atom is 0.338 e. The Morgan fingerprint density at radius 1 is 0.933 bits per heavy atom. The van der Waals surface area contributed by atoms with Crippen molar-refractivity contribution in [3.05, 3.63) is 150 Å². The van der Waals surface area contributed by atoms with E-state index in [9.17, 15) is 14.4 Å². The quantitative estimate of drug-likeness (QED) is 0.260. The Bertz CT molecular complexity index is 2170. The molecule has 0 unspecified atom stereocenters. The number of carbonyl (C=O) groups excluding carboxylic acids is 2. The van der Waals surface area contributed by atoms with Crippen LogP contribution in [-0.2, 0) is 9.53 Å². The van der Waals surface area contributed by atoms with Crippen molar-refractivity contribution in [3.63, 3.8) is 0 Å². The summed E-state index contributed by atoms with van der Waals surface area (Å²) >= 11 is 1.30. The maximum atomic E-state index is 14.2. The van der Waals surface area contributed by atoms with Crippen molar-refractivity contribution in [3.8, 4) is 5.69 Å². The minimum atomic E-state index is -0.649. The van der Waals surface area contributed by atoms with Crippen molar-refractivity contribution < 1.29 is 14.3 Å². The first-order chi connectivity index (χ1) is 21.7. The molecule has 6 rings (SSSR count). The molecule has 1 N–H and O–H groups in total. The van der Waals surface area contributed by atoms with Crippen LogP contribution in [0.3, 0.4) is 0 Å². The van der Waals surface area contributed by atoms with Crippen molar-refractivity contribution in [2.75, 3.05) is 12.4 Å². The van der Waals surface area contributed by atoms with Gasteiger partial charge in [-0.15, -0.1) is 0 Å². The number of fused-ring (bicyclic) bond motifs is 1. The van der Waals surface area contributed by atoms with Crippen LogP contribution in [0.1, 0.15) is 51.4 Å². The Morgan fingerprint density at radius 3 is 2.31 bits per heavy atom. The van der Waals surface area contributed by atoms with Gasteiger partial charge in [-0.3, -0.25) is 14.2 Å². The molecule has 1 amide bonds. The highest BCUT2D eigenvalue weighted by Crippen LogP contribution is 2.31. The van der Waals surface area contributed by atoms with E-state index < -0.39 is 12.0 Å². The molecule has 45 heavy (non-hydrogen) atoms. The molecule has 0 fully saturated rings. The van der Waals surface area contributed by atoms with Gasteiger partial charge in [0.25, 0.3) is 11.5 Å². The fourth-order valence-electron chi connectivity index (χ4n) is 5.92. The number of hydrogen-bond donors (Lipinski definition) is 1. The van der Waals surface area contributed by atoms with Gasteiger partial charge in [0.05, 0.1) is 34.5 Å². The summed E-state index contributed by atoms with van der Waals surface area (Å²) in [7, 11) is 1.37. The summed E-state index contributed by atoms with van der Waals surface area (Å²) in [6, 6.07) is 25.7. The number of benzene rings is 3. The molecule has 0 spiro atoms. The Labute approximate surface area is 264 Å². The topological polar surface area (TPSA) is 94.7 Å². The Hall–Kier alpha value is -5.28. The summed E-state index contributed by atoms with van der Waals surface area (Å²) in [5, 5.41) is 2.98. The van der Waals surface area contributed by atoms with E-state index in [1.807, 2.05) is 113 Å². The number of nitrogens with one attached hydrogen (secondary N) is 1. The molecule has 3 aromatic carbocycles. The summed E-state index contributed by atoms with van der Waals surface area (Å²) in [6.45, 7) is 7.69. The molecule has 1 aliphatic rings. The second-order valence-corrected chi connectivity index (χ2v) is 11.9. The van der Waals surface area contributed by atoms with E-state index in [4.69, 9.17) is 9.73 Å². The minimum absolute atomic E-state index is 0.223. The van der Waals surface area contributed by atoms with E-state index in [-0.39, 0.29) is 11.5 Å². The Kier molecular flexibility index (Phi) is 7.95. The zero-order chi connectivity index (χ0) is 31.8. The van der Waals surface area contributed by atoms with Crippen molar-refractivity contribution in [1.82, 2.24) is 9.13 Å². The summed E-state index contributed by atoms with van der Waals surface area (Å²) in [4.78, 5) is 45.6. The first-order valence-electron chi connectivity index (χ1n) is 14.5. The second kappa shape index (κ2) is 12.0. The molecule has 0 saturated carbocycles. The van der Waals surface area contributed by atoms with E-state index >= 15 is 0 Å². The highest BCUT2D eigenvalue weighted by Gasteiger charge is 2.32. The lowest BCUT2D eigenvalue weighted by atomic mass is 9.95. The lowest BCUT2D eigenvalue weighted by Gasteiger charge is -2.25. The first kappa shape index (κ1) is 29.8. The zero-order valence-corrected chi connectivity index (χ0v) is 26.4. The molecule has 1 aliphatic heterocycles. The van der Waals surface area contributed by atoms with Gasteiger partial charge < -0.3 is 14.6 Å². The predicted molar refractivity (Wildman–Crippen MR) is 177 cm³/mol. The average Bonchev–Trinajstić information content (AvgIpc) is 3.50. The normalized spacial score (nSPS) is 14.6. The largest absolute Gasteiger partial charge is 0.465 e. The number of allylic oxidation sites excluding steroid dienone is 1. The van der Waals surface area contributed by atoms with Crippen molar-refractivity contribution >= 4 is 35.0 Å². The van der Waals surface area contributed by atoms with Gasteiger partial charge in [-0.2, -0.15) is 0 Å². The number of carbonyl (C=O) groups is 2. The molecule has 0 radical (unpaired) electrons. The lowest BCUT2D eigenvalue weighted by Crippen LogP contribution is -2.40. The molecule has 2 aromatic heterocycles. The van der Waals surface area contributed by atoms with E-state index in [0.717, 1.165) is 33.8 Å². The highest BCUT2D eigenvalue weighted by atomic mass is 32.1. The number of amides is 1. The number of ether oxygens (including phenoxy) is 1. The van der Waals surface area contributed by atoms with Gasteiger partial charge in [-0.05, 0) is 80.8 Å². The van der Waals surface area contributed by atoms with Crippen LogP contribution in [0.25, 0.3) is 11.8 Å². The molecule has 0 aliphatic carbocycles. The van der Waals surface area contributed by atoms with Crippen LogP contribution in [0, 0.1) is 20.8 Å². The molecule has 5 aromatic rings. The highest BCUT2D eigenvalue weighted by molar-refractivity contribution is 7.07. The molecule has 226 valence electrons. The van der Waals surface area contributed by atoms with Crippen molar-refractivity contribution in [2.24, 2.45) is 4.99 Å². The van der Waals surface area contributed by atoms with Crippen LogP contribution in [0.15, 0.2) is 106 Å². The van der Waals surface area contributed by atoms with Crippen molar-refractivity contribution in [2.45, 2.75) is 33.7 Å². The Balaban J connectivity index is 1.47. The number of aromatic nitrogens is 2. The van der Waals surface area contributed by atoms with E-state index in [1.54, 1.807) is 10.6 Å². The number of methoxy groups -OCH3 is 1. The number of thiazole rings is 1. The van der Waals surface area contributed by atoms with Crippen molar-refractivity contribution in [1.29, 1.82) is 0 Å². The van der Waals surface area contributed by atoms with Gasteiger partial charge >= 0.3 is 5.97 Å². The van der Waals surface area contributed by atoms with Gasteiger partial charge in [0, 0.05) is 22.8 Å². The predicted octanol–water partition coefficient (Wildman–Crippen LogP) is 5.38. The van der Waals surface area contributed by atoms with Crippen LogP contribution in [-0.4, -0.2) is 28.1 Å². The zero-order valence-electron chi connectivity index (χ0n) is 25.6. The van der Waals surface area contributed by atoms with E-state index in [2.05, 4.69) is 9.88 Å². The summed E-state index contributed by atoms with van der Waals surface area (Å²) in [5.74, 6) is -0.697. The number of esters is 1. The standard InChI is InChI=1S/C36H32N4O4S/c1-21-19-26(24(4)39(21)29-18-12-17-28(22(29)2)35(43)44-5)20-30-34(42)40-32(25-13-8-6-9-14-25)31(23(3)37-36(40)45-30)33(41)38-27-15-10-7-11-16-27/h6-20,32H,1-5H3,(H,38,41)/b30-20+/t32-/m1/s1. The third-order valence-electron chi connectivity index (χ3n) is 8.12. The Morgan fingerprint density at radius 2 is 1.62 bits per heavy atom. The number of rotatable bonds is 6. The molecule has 0 saturated heterocycles. The lowest BCUT2D eigenvalue weighted by molar-refractivity contribution is -0.113. The number of anilines is 1. The first-order valence-corrected chi connectivity index (χ1v) is 15.3. The second-order valence-electron chi connectivity index (χ2n) is 10.9. The van der Waals surface area contributed by atoms with Crippen LogP contribution in [0.5, 0.6) is 0 Å². The third kappa shape index (κ3) is 5.36. The molecule has 9 heteroatoms. The van der Waals surface area contributed by atoms with Gasteiger partial charge in [-0.1, -0.05) is 65.9 Å². The van der Waals surface area contributed by atoms with Crippen LogP contribution < -0.4 is 20.2 Å². The smallest absolute Gasteiger partial charge is 0.338 e. The summed E-state index contributed by atoms with van der Waals surface area (Å²) in [6.07, 6.45) is 1.88. The number of aryl methyl sites for hydroxylation is 1. The van der Waals surface area contributed by atoms with E-state index in [0.29, 0.717) is 31.9 Å². The average molecular weight is 617 g/mol. The van der Waals surface area contributed by atoms with Gasteiger partial charge in [-0.25, -0.2) is 9.79 Å². The third-order valence-corrected chi connectivity index (χ3v) is 9.10. The van der Waals surface area contributed by atoms with Gasteiger partial charge in [0.15, 0.2) is 4.80 Å². The van der Waals surface area contributed by atoms with Gasteiger partial charge in [0.1, 0.15) is 0 Å². The summed E-state index contributed by atoms with van der Waals surface area (Å²) in [5.41, 5.74) is 7.14.